The first kappa shape index (κ1) is 16.1. The van der Waals surface area contributed by atoms with Gasteiger partial charge in [0.15, 0.2) is 0 Å². The number of rotatable bonds is 3. The SMILES string of the molecule is O=C(c1ccc(=O)n(Cc2c(Cl)cccc2Cl)c1)N1CCCC1. The summed E-state index contributed by atoms with van der Waals surface area (Å²) in [5.41, 5.74) is 0.984. The van der Waals surface area contributed by atoms with E-state index in [2.05, 4.69) is 0 Å². The number of pyridine rings is 1. The molecular weight excluding hydrogens is 335 g/mol. The molecule has 3 rings (SSSR count). The van der Waals surface area contributed by atoms with E-state index in [1.807, 2.05) is 4.90 Å². The van der Waals surface area contributed by atoms with Crippen LogP contribution in [-0.4, -0.2) is 28.5 Å². The van der Waals surface area contributed by atoms with E-state index in [0.29, 0.717) is 21.2 Å². The van der Waals surface area contributed by atoms with E-state index in [0.717, 1.165) is 25.9 Å². The predicted octanol–water partition coefficient (Wildman–Crippen LogP) is 3.44. The van der Waals surface area contributed by atoms with E-state index in [4.69, 9.17) is 23.2 Å². The first-order chi connectivity index (χ1) is 11.1. The van der Waals surface area contributed by atoms with Gasteiger partial charge in [-0.2, -0.15) is 0 Å². The summed E-state index contributed by atoms with van der Waals surface area (Å²) in [5.74, 6) is -0.0403. The normalized spacial score (nSPS) is 14.3. The molecule has 1 amide bonds. The first-order valence-corrected chi connectivity index (χ1v) is 8.24. The zero-order valence-corrected chi connectivity index (χ0v) is 14.0. The van der Waals surface area contributed by atoms with Gasteiger partial charge in [-0.25, -0.2) is 0 Å². The molecule has 0 radical (unpaired) electrons. The molecule has 4 nitrogen and oxygen atoms in total. The second kappa shape index (κ2) is 6.77. The maximum absolute atomic E-state index is 12.5. The van der Waals surface area contributed by atoms with Crippen LogP contribution in [0.1, 0.15) is 28.8 Å². The monoisotopic (exact) mass is 350 g/mol. The van der Waals surface area contributed by atoms with Crippen LogP contribution in [0.15, 0.2) is 41.3 Å². The van der Waals surface area contributed by atoms with Crippen LogP contribution in [0.2, 0.25) is 10.0 Å². The van der Waals surface area contributed by atoms with E-state index in [-0.39, 0.29) is 18.0 Å². The number of likely N-dealkylation sites (tertiary alicyclic amines) is 1. The number of halogens is 2. The van der Waals surface area contributed by atoms with E-state index in [1.165, 1.54) is 10.6 Å². The van der Waals surface area contributed by atoms with Crippen LogP contribution >= 0.6 is 23.2 Å². The molecule has 0 N–H and O–H groups in total. The Bertz CT molecular complexity index is 775. The minimum Gasteiger partial charge on any atom is -0.339 e. The fourth-order valence-electron chi connectivity index (χ4n) is 2.74. The van der Waals surface area contributed by atoms with Crippen LogP contribution in [0.5, 0.6) is 0 Å². The van der Waals surface area contributed by atoms with Gasteiger partial charge in [0, 0.05) is 41.0 Å². The van der Waals surface area contributed by atoms with Gasteiger partial charge in [0.1, 0.15) is 0 Å². The molecule has 1 aliphatic heterocycles. The lowest BCUT2D eigenvalue weighted by Gasteiger charge is -2.16. The Hall–Kier alpha value is -1.78. The second-order valence-corrected chi connectivity index (χ2v) is 6.40. The molecule has 0 atom stereocenters. The average Bonchev–Trinajstić information content (AvgIpc) is 3.06. The highest BCUT2D eigenvalue weighted by Gasteiger charge is 2.20. The molecule has 2 aromatic rings. The number of carbonyl (C=O) groups excluding carboxylic acids is 1. The lowest BCUT2D eigenvalue weighted by molar-refractivity contribution is 0.0792. The summed E-state index contributed by atoms with van der Waals surface area (Å²) >= 11 is 12.3. The fraction of sp³-hybridized carbons (Fsp3) is 0.294. The third-order valence-corrected chi connectivity index (χ3v) is 4.72. The average molecular weight is 351 g/mol. The van der Waals surface area contributed by atoms with Crippen molar-refractivity contribution in [3.05, 3.63) is 68.1 Å². The number of hydrogen-bond acceptors (Lipinski definition) is 2. The molecule has 1 aromatic carbocycles. The molecule has 0 aliphatic carbocycles. The van der Waals surface area contributed by atoms with Gasteiger partial charge in [0.05, 0.1) is 12.1 Å². The molecule has 1 saturated heterocycles. The number of benzene rings is 1. The molecule has 0 spiro atoms. The summed E-state index contributed by atoms with van der Waals surface area (Å²) < 4.78 is 1.47. The highest BCUT2D eigenvalue weighted by Crippen LogP contribution is 2.24. The second-order valence-electron chi connectivity index (χ2n) is 5.58. The molecule has 0 bridgehead atoms. The van der Waals surface area contributed by atoms with Crippen molar-refractivity contribution < 1.29 is 4.79 Å². The van der Waals surface area contributed by atoms with E-state index in [9.17, 15) is 9.59 Å². The highest BCUT2D eigenvalue weighted by molar-refractivity contribution is 6.35. The number of carbonyl (C=O) groups is 1. The molecule has 1 aromatic heterocycles. The van der Waals surface area contributed by atoms with Crippen LogP contribution < -0.4 is 5.56 Å². The molecular formula is C17H16Cl2N2O2. The van der Waals surface area contributed by atoms with Crippen molar-refractivity contribution in [2.24, 2.45) is 0 Å². The Labute approximate surface area is 144 Å². The van der Waals surface area contributed by atoms with Gasteiger partial charge < -0.3 is 9.47 Å². The quantitative estimate of drug-likeness (QED) is 0.850. The van der Waals surface area contributed by atoms with Crippen LogP contribution in [0, 0.1) is 0 Å². The summed E-state index contributed by atoms with van der Waals surface area (Å²) in [6.45, 7) is 1.78. The van der Waals surface area contributed by atoms with Crippen molar-refractivity contribution >= 4 is 29.1 Å². The molecule has 0 saturated carbocycles. The number of amides is 1. The predicted molar refractivity (Wildman–Crippen MR) is 91.4 cm³/mol. The molecule has 6 heteroatoms. The first-order valence-electron chi connectivity index (χ1n) is 7.49. The maximum atomic E-state index is 12.5. The molecule has 120 valence electrons. The molecule has 2 heterocycles. The lowest BCUT2D eigenvalue weighted by atomic mass is 10.2. The third-order valence-electron chi connectivity index (χ3n) is 4.01. The Balaban J connectivity index is 1.92. The van der Waals surface area contributed by atoms with Crippen LogP contribution in [0.25, 0.3) is 0 Å². The standard InChI is InChI=1S/C17H16Cl2N2O2/c18-14-4-3-5-15(19)13(14)11-21-10-12(6-7-16(21)22)17(23)20-8-1-2-9-20/h3-7,10H,1-2,8-9,11H2. The van der Waals surface area contributed by atoms with E-state index >= 15 is 0 Å². The van der Waals surface area contributed by atoms with Crippen molar-refractivity contribution in [3.63, 3.8) is 0 Å². The molecule has 1 aliphatic rings. The van der Waals surface area contributed by atoms with Crippen LogP contribution in [-0.2, 0) is 6.54 Å². The van der Waals surface area contributed by atoms with Gasteiger partial charge in [-0.3, -0.25) is 9.59 Å². The Morgan fingerprint density at radius 1 is 1.04 bits per heavy atom. The topological polar surface area (TPSA) is 42.3 Å². The zero-order valence-electron chi connectivity index (χ0n) is 12.5. The lowest BCUT2D eigenvalue weighted by Crippen LogP contribution is -2.29. The molecule has 1 fully saturated rings. The van der Waals surface area contributed by atoms with Gasteiger partial charge in [-0.1, -0.05) is 29.3 Å². The summed E-state index contributed by atoms with van der Waals surface area (Å²) in [6, 6.07) is 8.20. The summed E-state index contributed by atoms with van der Waals surface area (Å²) in [7, 11) is 0. The Morgan fingerprint density at radius 3 is 2.35 bits per heavy atom. The van der Waals surface area contributed by atoms with Gasteiger partial charge in [-0.15, -0.1) is 0 Å². The third kappa shape index (κ3) is 3.43. The fourth-order valence-corrected chi connectivity index (χ4v) is 3.25. The van der Waals surface area contributed by atoms with Crippen molar-refractivity contribution in [1.29, 1.82) is 0 Å². The van der Waals surface area contributed by atoms with Crippen LogP contribution in [0.3, 0.4) is 0 Å². The van der Waals surface area contributed by atoms with Crippen molar-refractivity contribution in [3.8, 4) is 0 Å². The summed E-state index contributed by atoms with van der Waals surface area (Å²) in [5, 5.41) is 1.00. The van der Waals surface area contributed by atoms with E-state index in [1.54, 1.807) is 30.5 Å². The maximum Gasteiger partial charge on any atom is 0.255 e. The van der Waals surface area contributed by atoms with Gasteiger partial charge in [-0.05, 0) is 31.0 Å². The van der Waals surface area contributed by atoms with Gasteiger partial charge >= 0.3 is 0 Å². The number of aromatic nitrogens is 1. The Morgan fingerprint density at radius 2 is 1.70 bits per heavy atom. The van der Waals surface area contributed by atoms with Crippen molar-refractivity contribution in [2.75, 3.05) is 13.1 Å². The minimum absolute atomic E-state index is 0.0403. The number of hydrogen-bond donors (Lipinski definition) is 0. The van der Waals surface area contributed by atoms with Gasteiger partial charge in [0.25, 0.3) is 11.5 Å². The smallest absolute Gasteiger partial charge is 0.255 e. The summed E-state index contributed by atoms with van der Waals surface area (Å²) in [4.78, 5) is 26.4. The Kier molecular flexibility index (Phi) is 4.74. The summed E-state index contributed by atoms with van der Waals surface area (Å²) in [6.07, 6.45) is 3.64. The van der Waals surface area contributed by atoms with E-state index < -0.39 is 0 Å². The molecule has 0 unspecified atom stereocenters. The zero-order chi connectivity index (χ0) is 16.4. The number of nitrogens with zero attached hydrogens (tertiary/aromatic N) is 2. The molecule has 23 heavy (non-hydrogen) atoms. The van der Waals surface area contributed by atoms with Crippen molar-refractivity contribution in [2.45, 2.75) is 19.4 Å². The minimum atomic E-state index is -0.195. The largest absolute Gasteiger partial charge is 0.339 e. The van der Waals surface area contributed by atoms with Crippen molar-refractivity contribution in [1.82, 2.24) is 9.47 Å². The van der Waals surface area contributed by atoms with Crippen LogP contribution in [0.4, 0.5) is 0 Å². The van der Waals surface area contributed by atoms with Gasteiger partial charge in [0.2, 0.25) is 0 Å². The highest BCUT2D eigenvalue weighted by atomic mass is 35.5.